The summed E-state index contributed by atoms with van der Waals surface area (Å²) in [5, 5.41) is 11.5. The van der Waals surface area contributed by atoms with Crippen molar-refractivity contribution in [1.82, 2.24) is 5.32 Å². The number of amides is 1. The van der Waals surface area contributed by atoms with Gasteiger partial charge >= 0.3 is 5.97 Å². The molecule has 2 rings (SSSR count). The van der Waals surface area contributed by atoms with Crippen molar-refractivity contribution < 1.29 is 23.5 Å². The van der Waals surface area contributed by atoms with Crippen LogP contribution in [-0.2, 0) is 4.79 Å². The molecule has 1 amide bonds. The molecule has 0 aliphatic rings. The highest BCUT2D eigenvalue weighted by Crippen LogP contribution is 2.24. The van der Waals surface area contributed by atoms with Crippen LogP contribution in [0, 0.1) is 11.7 Å². The lowest BCUT2D eigenvalue weighted by Crippen LogP contribution is -2.39. The molecule has 6 heteroatoms. The molecule has 2 aromatic rings. The highest BCUT2D eigenvalue weighted by molar-refractivity contribution is 5.92. The number of hydrogen-bond donors (Lipinski definition) is 2. The van der Waals surface area contributed by atoms with Gasteiger partial charge in [-0.25, -0.2) is 4.39 Å². The van der Waals surface area contributed by atoms with Gasteiger partial charge in [-0.3, -0.25) is 9.59 Å². The lowest BCUT2D eigenvalue weighted by Gasteiger charge is -2.16. The van der Waals surface area contributed by atoms with Crippen molar-refractivity contribution in [3.8, 4) is 11.3 Å². The van der Waals surface area contributed by atoms with Gasteiger partial charge in [-0.15, -0.1) is 0 Å². The highest BCUT2D eigenvalue weighted by Gasteiger charge is 2.23. The normalized spacial score (nSPS) is 13.4. The third kappa shape index (κ3) is 3.33. The van der Waals surface area contributed by atoms with Crippen LogP contribution in [0.3, 0.4) is 0 Å². The number of rotatable bonds is 5. The lowest BCUT2D eigenvalue weighted by molar-refractivity contribution is -0.141. The standard InChI is InChI=1S/C16H16FNO4/c1-9(16(20)21)10(2)18-15(19)14-8-7-13(22-14)11-5-3-4-6-12(11)17/h3-10H,1-2H3,(H,18,19)(H,20,21). The maximum Gasteiger partial charge on any atom is 0.308 e. The maximum absolute atomic E-state index is 13.7. The van der Waals surface area contributed by atoms with Gasteiger partial charge in [0, 0.05) is 6.04 Å². The van der Waals surface area contributed by atoms with Gasteiger partial charge in [0.05, 0.1) is 11.5 Å². The molecule has 0 radical (unpaired) electrons. The molecule has 116 valence electrons. The summed E-state index contributed by atoms with van der Waals surface area (Å²) in [7, 11) is 0. The number of nitrogens with one attached hydrogen (secondary N) is 1. The molecule has 0 saturated carbocycles. The van der Waals surface area contributed by atoms with Crippen LogP contribution in [0.15, 0.2) is 40.8 Å². The van der Waals surface area contributed by atoms with Crippen molar-refractivity contribution >= 4 is 11.9 Å². The number of halogens is 1. The number of hydrogen-bond acceptors (Lipinski definition) is 3. The van der Waals surface area contributed by atoms with Gasteiger partial charge in [0.1, 0.15) is 11.6 Å². The summed E-state index contributed by atoms with van der Waals surface area (Å²) in [6.45, 7) is 3.09. The number of aliphatic carboxylic acids is 1. The Kier molecular flexibility index (Phi) is 4.60. The summed E-state index contributed by atoms with van der Waals surface area (Å²) in [6.07, 6.45) is 0. The van der Waals surface area contributed by atoms with E-state index in [1.807, 2.05) is 0 Å². The van der Waals surface area contributed by atoms with E-state index in [1.54, 1.807) is 25.1 Å². The minimum atomic E-state index is -1.00. The fraction of sp³-hybridized carbons (Fsp3) is 0.250. The Balaban J connectivity index is 2.13. The smallest absolute Gasteiger partial charge is 0.308 e. The topological polar surface area (TPSA) is 79.5 Å². The molecule has 1 heterocycles. The number of furan rings is 1. The number of carboxylic acids is 1. The summed E-state index contributed by atoms with van der Waals surface area (Å²) < 4.78 is 19.0. The van der Waals surface area contributed by atoms with Crippen LogP contribution in [-0.4, -0.2) is 23.0 Å². The molecule has 0 aliphatic heterocycles. The lowest BCUT2D eigenvalue weighted by atomic mass is 10.0. The third-order valence-electron chi connectivity index (χ3n) is 3.47. The molecule has 1 aromatic heterocycles. The molecule has 2 unspecified atom stereocenters. The van der Waals surface area contributed by atoms with Crippen LogP contribution < -0.4 is 5.32 Å². The summed E-state index contributed by atoms with van der Waals surface area (Å²) >= 11 is 0. The Morgan fingerprint density at radius 2 is 1.86 bits per heavy atom. The van der Waals surface area contributed by atoms with Crippen molar-refractivity contribution in [3.63, 3.8) is 0 Å². The summed E-state index contributed by atoms with van der Waals surface area (Å²) in [5.74, 6) is -2.48. The minimum Gasteiger partial charge on any atom is -0.481 e. The average Bonchev–Trinajstić information content (AvgIpc) is 2.96. The number of carbonyl (C=O) groups excluding carboxylic acids is 1. The quantitative estimate of drug-likeness (QED) is 0.890. The Bertz CT molecular complexity index is 695. The van der Waals surface area contributed by atoms with Gasteiger partial charge in [0.15, 0.2) is 5.76 Å². The maximum atomic E-state index is 13.7. The van der Waals surface area contributed by atoms with E-state index in [0.29, 0.717) is 0 Å². The van der Waals surface area contributed by atoms with Gasteiger partial charge < -0.3 is 14.8 Å². The van der Waals surface area contributed by atoms with Crippen LogP contribution in [0.5, 0.6) is 0 Å². The van der Waals surface area contributed by atoms with E-state index in [2.05, 4.69) is 5.32 Å². The fourth-order valence-corrected chi connectivity index (χ4v) is 1.88. The molecule has 0 bridgehead atoms. The first-order chi connectivity index (χ1) is 10.4. The largest absolute Gasteiger partial charge is 0.481 e. The Morgan fingerprint density at radius 1 is 1.18 bits per heavy atom. The molecule has 2 atom stereocenters. The predicted octanol–water partition coefficient (Wildman–Crippen LogP) is 2.92. The minimum absolute atomic E-state index is 0.00249. The molecule has 0 fully saturated rings. The summed E-state index contributed by atoms with van der Waals surface area (Å²) in [6, 6.07) is 8.43. The van der Waals surface area contributed by atoms with E-state index in [9.17, 15) is 14.0 Å². The molecule has 0 saturated heterocycles. The highest BCUT2D eigenvalue weighted by atomic mass is 19.1. The van der Waals surface area contributed by atoms with Gasteiger partial charge in [-0.05, 0) is 38.1 Å². The van der Waals surface area contributed by atoms with Crippen LogP contribution in [0.25, 0.3) is 11.3 Å². The zero-order valence-electron chi connectivity index (χ0n) is 12.2. The Morgan fingerprint density at radius 3 is 2.50 bits per heavy atom. The monoisotopic (exact) mass is 305 g/mol. The van der Waals surface area contributed by atoms with Gasteiger partial charge in [-0.1, -0.05) is 12.1 Å². The zero-order chi connectivity index (χ0) is 16.3. The van der Waals surface area contributed by atoms with Crippen LogP contribution in [0.4, 0.5) is 4.39 Å². The first kappa shape index (κ1) is 15.8. The summed E-state index contributed by atoms with van der Waals surface area (Å²) in [4.78, 5) is 22.9. The Labute approximate surface area is 126 Å². The first-order valence-corrected chi connectivity index (χ1v) is 6.78. The van der Waals surface area contributed by atoms with E-state index in [-0.39, 0.29) is 17.1 Å². The van der Waals surface area contributed by atoms with Crippen LogP contribution in [0.1, 0.15) is 24.4 Å². The van der Waals surface area contributed by atoms with E-state index in [0.717, 1.165) is 0 Å². The molecule has 2 N–H and O–H groups in total. The van der Waals surface area contributed by atoms with Gasteiger partial charge in [0.2, 0.25) is 0 Å². The predicted molar refractivity (Wildman–Crippen MR) is 77.8 cm³/mol. The SMILES string of the molecule is CC(NC(=O)c1ccc(-c2ccccc2F)o1)C(C)C(=O)O. The van der Waals surface area contributed by atoms with Crippen molar-refractivity contribution in [3.05, 3.63) is 48.0 Å². The second kappa shape index (κ2) is 6.43. The molecule has 0 spiro atoms. The average molecular weight is 305 g/mol. The molecular formula is C16H16FNO4. The zero-order valence-corrected chi connectivity index (χ0v) is 12.2. The van der Waals surface area contributed by atoms with E-state index >= 15 is 0 Å². The van der Waals surface area contributed by atoms with E-state index < -0.39 is 29.7 Å². The van der Waals surface area contributed by atoms with E-state index in [1.165, 1.54) is 25.1 Å². The molecule has 22 heavy (non-hydrogen) atoms. The van der Waals surface area contributed by atoms with Gasteiger partial charge in [-0.2, -0.15) is 0 Å². The van der Waals surface area contributed by atoms with Crippen molar-refractivity contribution in [2.45, 2.75) is 19.9 Å². The first-order valence-electron chi connectivity index (χ1n) is 6.78. The van der Waals surface area contributed by atoms with Crippen LogP contribution >= 0.6 is 0 Å². The van der Waals surface area contributed by atoms with Crippen molar-refractivity contribution in [2.24, 2.45) is 5.92 Å². The van der Waals surface area contributed by atoms with Crippen LogP contribution in [0.2, 0.25) is 0 Å². The number of carbonyl (C=O) groups is 2. The second-order valence-corrected chi connectivity index (χ2v) is 5.03. The number of carboxylic acid groups (broad SMARTS) is 1. The van der Waals surface area contributed by atoms with Crippen molar-refractivity contribution in [1.29, 1.82) is 0 Å². The second-order valence-electron chi connectivity index (χ2n) is 5.03. The number of benzene rings is 1. The molecule has 0 aliphatic carbocycles. The van der Waals surface area contributed by atoms with Crippen molar-refractivity contribution in [2.75, 3.05) is 0 Å². The molecule has 1 aromatic carbocycles. The summed E-state index contributed by atoms with van der Waals surface area (Å²) in [5.41, 5.74) is 0.258. The molecular weight excluding hydrogens is 289 g/mol. The Hall–Kier alpha value is -2.63. The third-order valence-corrected chi connectivity index (χ3v) is 3.47. The van der Waals surface area contributed by atoms with E-state index in [4.69, 9.17) is 9.52 Å². The fourth-order valence-electron chi connectivity index (χ4n) is 1.88. The van der Waals surface area contributed by atoms with Gasteiger partial charge in [0.25, 0.3) is 5.91 Å². The molecule has 5 nitrogen and oxygen atoms in total.